The smallest absolute Gasteiger partial charge is 0.326 e. The number of nitrogens with zero attached hydrogens (tertiary/aromatic N) is 2. The second-order valence-electron chi connectivity index (χ2n) is 21.4. The molecule has 10 amide bonds. The van der Waals surface area contributed by atoms with E-state index in [9.17, 15) is 72.9 Å². The molecule has 0 unspecified atom stereocenters. The standard InChI is InChI=1S/C56H84N18O15/c1-28(2)22-38(71-49(83)36(17-11-21-64-56(61)62)70-47(81)34(57)15-10-20-63-55(59)60)52(86)74-45(30(4)75)53(87)73-40(25-44(78)79)51(85)72-39(23-31-12-6-5-7-13-31)50(84)67-29(3)46(80)69-37(18-19-42(58)76)48(82)66-27-43(77)68-41(54(88)89)24-32-26-65-35-16-9-8-14-33(32)35/h5-9,12-14,16,26,28-30,34,36-41,45,65,75H,10-11,15,17-25,27,57H2,1-4H3,(H2,58,76)(H,66,82)(H,67,84)(H,68,77)(H,69,80)(H,70,81)(H,71,83)(H,72,85)(H,73,87)(H,74,86)(H,78,79)(H,88,89)(H4,59,60,63)(H4,61,62,64)/t29-,30+,34-,36-,37-,38-,39-,40-,41-,45-/m0/s1. The molecule has 0 fully saturated rings. The van der Waals surface area contributed by atoms with Crippen LogP contribution in [0, 0.1) is 5.92 Å². The highest BCUT2D eigenvalue weighted by molar-refractivity contribution is 5.99. The van der Waals surface area contributed by atoms with Gasteiger partial charge in [0.1, 0.15) is 48.3 Å². The lowest BCUT2D eigenvalue weighted by atomic mass is 10.0. The molecule has 0 aliphatic carbocycles. The fraction of sp³-hybridized carbons (Fsp3) is 0.500. The quantitative estimate of drug-likeness (QED) is 0.0144. The van der Waals surface area contributed by atoms with Crippen molar-refractivity contribution < 1.29 is 72.9 Å². The van der Waals surface area contributed by atoms with E-state index in [2.05, 4.69) is 62.8 Å². The number of aromatic nitrogens is 1. The van der Waals surface area contributed by atoms with Gasteiger partial charge in [0, 0.05) is 49.5 Å². The Morgan fingerprint density at radius 3 is 1.69 bits per heavy atom. The number of fused-ring (bicyclic) bond motifs is 1. The maximum atomic E-state index is 14.1. The minimum Gasteiger partial charge on any atom is -0.481 e. The van der Waals surface area contributed by atoms with Crippen molar-refractivity contribution in [3.05, 3.63) is 71.9 Å². The molecule has 89 heavy (non-hydrogen) atoms. The SMILES string of the molecule is CC(C)C[C@H](NC(=O)[C@H](CCCN=C(N)N)NC(=O)[C@@H](N)CCCN=C(N)N)C(=O)N[C@H](C(=O)N[C@@H](CC(=O)O)C(=O)N[C@@H](Cc1ccccc1)C(=O)N[C@@H](C)C(=O)N[C@@H](CCC(N)=O)C(=O)NCC(=O)N[C@@H](Cc1c[nH]c2ccccc12)C(=O)O)[C@@H](C)O. The molecule has 0 aliphatic heterocycles. The third-order valence-corrected chi connectivity index (χ3v) is 13.4. The third-order valence-electron chi connectivity index (χ3n) is 13.4. The van der Waals surface area contributed by atoms with Crippen molar-refractivity contribution in [2.24, 2.45) is 50.3 Å². The topological polar surface area (TPSA) is 570 Å². The fourth-order valence-corrected chi connectivity index (χ4v) is 8.80. The number of hydrogen-bond acceptors (Lipinski definition) is 16. The molecular formula is C56H84N18O15. The van der Waals surface area contributed by atoms with Gasteiger partial charge in [-0.05, 0) is 75.5 Å². The summed E-state index contributed by atoms with van der Waals surface area (Å²) in [6.45, 7) is 5.20. The summed E-state index contributed by atoms with van der Waals surface area (Å²) in [4.78, 5) is 170. The number of primary amides is 1. The predicted molar refractivity (Wildman–Crippen MR) is 324 cm³/mol. The number of H-pyrrole nitrogens is 1. The van der Waals surface area contributed by atoms with Gasteiger partial charge in [-0.2, -0.15) is 0 Å². The van der Waals surface area contributed by atoms with Gasteiger partial charge >= 0.3 is 11.9 Å². The second kappa shape index (κ2) is 36.9. The number of aliphatic imine (C=N–C) groups is 2. The van der Waals surface area contributed by atoms with Crippen molar-refractivity contribution in [2.75, 3.05) is 19.6 Å². The number of nitrogens with one attached hydrogen (secondary N) is 10. The number of carbonyl (C=O) groups excluding carboxylic acids is 10. The predicted octanol–water partition coefficient (Wildman–Crippen LogP) is -5.35. The van der Waals surface area contributed by atoms with Gasteiger partial charge < -0.3 is 103 Å². The van der Waals surface area contributed by atoms with Crippen molar-refractivity contribution in [3.8, 4) is 0 Å². The van der Waals surface area contributed by atoms with Gasteiger partial charge in [0.15, 0.2) is 11.9 Å². The Kier molecular flexibility index (Phi) is 30.4. The largest absolute Gasteiger partial charge is 0.481 e. The zero-order valence-corrected chi connectivity index (χ0v) is 49.9. The van der Waals surface area contributed by atoms with Crippen LogP contribution in [-0.4, -0.2) is 183 Å². The van der Waals surface area contributed by atoms with E-state index in [4.69, 9.17) is 34.4 Å². The van der Waals surface area contributed by atoms with Gasteiger partial charge in [-0.15, -0.1) is 0 Å². The summed E-state index contributed by atoms with van der Waals surface area (Å²) in [7, 11) is 0. The maximum absolute atomic E-state index is 14.1. The van der Waals surface area contributed by atoms with Crippen LogP contribution in [0.4, 0.5) is 0 Å². The number of aliphatic hydroxyl groups is 1. The highest BCUT2D eigenvalue weighted by atomic mass is 16.4. The van der Waals surface area contributed by atoms with Crippen LogP contribution in [0.1, 0.15) is 90.2 Å². The van der Waals surface area contributed by atoms with Gasteiger partial charge in [0.2, 0.25) is 59.1 Å². The number of rotatable bonds is 39. The number of benzene rings is 2. The zero-order chi connectivity index (χ0) is 66.5. The van der Waals surface area contributed by atoms with Gasteiger partial charge in [0.05, 0.1) is 25.1 Å². The first-order chi connectivity index (χ1) is 41.9. The number of carbonyl (C=O) groups is 12. The molecule has 2 aromatic carbocycles. The van der Waals surface area contributed by atoms with E-state index in [1.807, 2.05) is 0 Å². The van der Waals surface area contributed by atoms with E-state index < -0.39 is 157 Å². The summed E-state index contributed by atoms with van der Waals surface area (Å²) in [5, 5.41) is 53.0. The summed E-state index contributed by atoms with van der Waals surface area (Å²) in [5.74, 6) is -13.6. The Bertz CT molecular complexity index is 3000. The van der Waals surface area contributed by atoms with Crippen molar-refractivity contribution in [1.29, 1.82) is 0 Å². The second-order valence-corrected chi connectivity index (χ2v) is 21.4. The van der Waals surface area contributed by atoms with Crippen LogP contribution < -0.4 is 82.3 Å². The van der Waals surface area contributed by atoms with Crippen molar-refractivity contribution in [3.63, 3.8) is 0 Å². The average Bonchev–Trinajstić information content (AvgIpc) is 2.23. The highest BCUT2D eigenvalue weighted by Crippen LogP contribution is 2.19. The number of guanidine groups is 2. The molecule has 0 radical (unpaired) electrons. The van der Waals surface area contributed by atoms with Crippen molar-refractivity contribution >= 4 is 93.8 Å². The molecule has 488 valence electrons. The van der Waals surface area contributed by atoms with E-state index in [0.29, 0.717) is 17.5 Å². The number of carboxylic acids is 2. The van der Waals surface area contributed by atoms with Crippen LogP contribution in [0.25, 0.3) is 10.9 Å². The van der Waals surface area contributed by atoms with Gasteiger partial charge in [-0.1, -0.05) is 62.4 Å². The van der Waals surface area contributed by atoms with Crippen molar-refractivity contribution in [1.82, 2.24) is 52.8 Å². The third kappa shape index (κ3) is 26.7. The molecule has 1 aromatic heterocycles. The summed E-state index contributed by atoms with van der Waals surface area (Å²) in [6.07, 6.45) is -1.96. The maximum Gasteiger partial charge on any atom is 0.326 e. The minimum absolute atomic E-state index is 0.0425. The lowest BCUT2D eigenvalue weighted by molar-refractivity contribution is -0.142. The monoisotopic (exact) mass is 1250 g/mol. The number of aliphatic hydroxyl groups excluding tert-OH is 1. The molecule has 33 nitrogen and oxygen atoms in total. The molecule has 0 spiro atoms. The number of para-hydroxylation sites is 1. The van der Waals surface area contributed by atoms with Crippen LogP contribution in [0.15, 0.2) is 70.8 Å². The highest BCUT2D eigenvalue weighted by Gasteiger charge is 2.37. The van der Waals surface area contributed by atoms with Crippen LogP contribution in [0.5, 0.6) is 0 Å². The Morgan fingerprint density at radius 2 is 1.09 bits per heavy atom. The first-order valence-corrected chi connectivity index (χ1v) is 28.5. The molecule has 0 bridgehead atoms. The minimum atomic E-state index is -2.00. The van der Waals surface area contributed by atoms with Crippen LogP contribution in [0.2, 0.25) is 0 Å². The summed E-state index contributed by atoms with van der Waals surface area (Å²) < 4.78 is 0. The molecule has 3 rings (SSSR count). The Labute approximate surface area is 512 Å². The molecule has 0 aliphatic rings. The van der Waals surface area contributed by atoms with Gasteiger partial charge in [0.25, 0.3) is 0 Å². The van der Waals surface area contributed by atoms with E-state index in [0.717, 1.165) is 17.8 Å². The van der Waals surface area contributed by atoms with E-state index in [1.165, 1.54) is 6.92 Å². The number of nitrogens with two attached hydrogens (primary N) is 6. The van der Waals surface area contributed by atoms with Crippen molar-refractivity contribution in [2.45, 2.75) is 152 Å². The van der Waals surface area contributed by atoms with Crippen LogP contribution >= 0.6 is 0 Å². The molecule has 33 heteroatoms. The molecule has 25 N–H and O–H groups in total. The Balaban J connectivity index is 1.79. The lowest BCUT2D eigenvalue weighted by Crippen LogP contribution is -2.62. The number of carboxylic acid groups (broad SMARTS) is 2. The molecule has 10 atom stereocenters. The van der Waals surface area contributed by atoms with E-state index in [-0.39, 0.29) is 69.5 Å². The average molecular weight is 1250 g/mol. The number of aromatic amines is 1. The van der Waals surface area contributed by atoms with Crippen LogP contribution in [0.3, 0.4) is 0 Å². The fourth-order valence-electron chi connectivity index (χ4n) is 8.80. The molecule has 1 heterocycles. The van der Waals surface area contributed by atoms with E-state index >= 15 is 0 Å². The number of aliphatic carboxylic acids is 2. The Hall–Kier alpha value is -9.92. The van der Waals surface area contributed by atoms with Gasteiger partial charge in [-0.3, -0.25) is 62.7 Å². The zero-order valence-electron chi connectivity index (χ0n) is 49.9. The lowest BCUT2D eigenvalue weighted by Gasteiger charge is -2.29. The summed E-state index contributed by atoms with van der Waals surface area (Å²) in [6, 6.07) is 1.31. The summed E-state index contributed by atoms with van der Waals surface area (Å²) in [5.41, 5.74) is 34.8. The molecule has 0 saturated carbocycles. The molecular weight excluding hydrogens is 1160 g/mol. The Morgan fingerprint density at radius 1 is 0.551 bits per heavy atom. The first kappa shape index (κ1) is 73.3. The first-order valence-electron chi connectivity index (χ1n) is 28.5. The van der Waals surface area contributed by atoms with Crippen LogP contribution in [-0.2, 0) is 70.4 Å². The molecule has 3 aromatic rings. The normalized spacial score (nSPS) is 14.4. The molecule has 0 saturated heterocycles. The van der Waals surface area contributed by atoms with E-state index in [1.54, 1.807) is 74.6 Å². The summed E-state index contributed by atoms with van der Waals surface area (Å²) >= 11 is 0. The van der Waals surface area contributed by atoms with Gasteiger partial charge in [-0.25, -0.2) is 4.79 Å². The number of amides is 10. The number of hydrogen-bond donors (Lipinski definition) is 19.